The minimum absolute atomic E-state index is 0.0165. The second-order valence-corrected chi connectivity index (χ2v) is 7.31. The first-order chi connectivity index (χ1) is 12.5. The molecule has 5 heteroatoms. The van der Waals surface area contributed by atoms with Crippen molar-refractivity contribution in [1.82, 2.24) is 9.38 Å². The van der Waals surface area contributed by atoms with Crippen LogP contribution in [0.2, 0.25) is 0 Å². The molecule has 134 valence electrons. The highest BCUT2D eigenvalue weighted by Crippen LogP contribution is 2.28. The molecule has 1 N–H and O–H groups in total. The number of aromatic nitrogens is 2. The molecule has 0 fully saturated rings. The summed E-state index contributed by atoms with van der Waals surface area (Å²) in [5, 5.41) is 3.07. The number of hydrogen-bond donors (Lipinski definition) is 1. The molecule has 1 atom stereocenters. The van der Waals surface area contributed by atoms with Gasteiger partial charge in [0.15, 0.2) is 0 Å². The van der Waals surface area contributed by atoms with Crippen molar-refractivity contribution in [2.75, 3.05) is 24.3 Å². The number of hydrogen-bond acceptors (Lipinski definition) is 3. The summed E-state index contributed by atoms with van der Waals surface area (Å²) in [5.41, 5.74) is 6.46. The predicted octanol–water partition coefficient (Wildman–Crippen LogP) is 3.45. The zero-order valence-corrected chi connectivity index (χ0v) is 15.5. The van der Waals surface area contributed by atoms with Crippen molar-refractivity contribution in [2.24, 2.45) is 5.92 Å². The summed E-state index contributed by atoms with van der Waals surface area (Å²) in [6, 6.07) is 12.1. The van der Waals surface area contributed by atoms with Crippen molar-refractivity contribution in [3.05, 3.63) is 59.5 Å². The number of aryl methyl sites for hydroxylation is 2. The van der Waals surface area contributed by atoms with Crippen LogP contribution in [0.5, 0.6) is 0 Å². The molecular weight excluding hydrogens is 324 g/mol. The Morgan fingerprint density at radius 3 is 2.73 bits per heavy atom. The third kappa shape index (κ3) is 3.05. The van der Waals surface area contributed by atoms with Gasteiger partial charge in [-0.25, -0.2) is 4.98 Å². The number of amides is 1. The van der Waals surface area contributed by atoms with Crippen LogP contribution in [0.1, 0.15) is 23.4 Å². The zero-order chi connectivity index (χ0) is 18.3. The number of nitrogens with one attached hydrogen (secondary N) is 1. The summed E-state index contributed by atoms with van der Waals surface area (Å²) in [7, 11) is 4.01. The van der Waals surface area contributed by atoms with E-state index in [4.69, 9.17) is 4.98 Å². The van der Waals surface area contributed by atoms with Crippen LogP contribution in [0, 0.1) is 12.8 Å². The van der Waals surface area contributed by atoms with Crippen molar-refractivity contribution in [3.8, 4) is 0 Å². The highest BCUT2D eigenvalue weighted by atomic mass is 16.1. The molecule has 1 aliphatic carbocycles. The standard InChI is InChI=1S/C21H24N4O/c1-14-10-11-25-19-13-15(4-9-18(19)23-20(25)12-14)21(26)22-16-5-7-17(8-6-16)24(2)3/h5-8,10-12,15H,4,9,13H2,1-3H3,(H,22,26). The Balaban J connectivity index is 1.51. The van der Waals surface area contributed by atoms with Crippen molar-refractivity contribution >= 4 is 22.9 Å². The minimum atomic E-state index is -0.0165. The first-order valence-electron chi connectivity index (χ1n) is 9.06. The van der Waals surface area contributed by atoms with Gasteiger partial charge >= 0.3 is 0 Å². The summed E-state index contributed by atoms with van der Waals surface area (Å²) < 4.78 is 2.13. The number of carbonyl (C=O) groups is 1. The average Bonchev–Trinajstić information content (AvgIpc) is 2.98. The van der Waals surface area contributed by atoms with Crippen LogP contribution in [0.15, 0.2) is 42.6 Å². The van der Waals surface area contributed by atoms with Gasteiger partial charge in [-0.15, -0.1) is 0 Å². The van der Waals surface area contributed by atoms with Crippen LogP contribution >= 0.6 is 0 Å². The normalized spacial score (nSPS) is 16.3. The van der Waals surface area contributed by atoms with Gasteiger partial charge in [-0.3, -0.25) is 4.79 Å². The Bertz CT molecular complexity index is 956. The van der Waals surface area contributed by atoms with Crippen molar-refractivity contribution < 1.29 is 4.79 Å². The number of nitrogens with zero attached hydrogens (tertiary/aromatic N) is 3. The van der Waals surface area contributed by atoms with Crippen LogP contribution in [-0.4, -0.2) is 29.4 Å². The van der Waals surface area contributed by atoms with Crippen LogP contribution in [-0.2, 0) is 17.6 Å². The van der Waals surface area contributed by atoms with E-state index in [0.29, 0.717) is 0 Å². The summed E-state index contributed by atoms with van der Waals surface area (Å²) in [6.07, 6.45) is 4.50. The zero-order valence-electron chi connectivity index (χ0n) is 15.5. The number of pyridine rings is 1. The third-order valence-corrected chi connectivity index (χ3v) is 5.15. The van der Waals surface area contributed by atoms with Gasteiger partial charge in [0, 0.05) is 49.7 Å². The highest BCUT2D eigenvalue weighted by molar-refractivity contribution is 5.93. The maximum Gasteiger partial charge on any atom is 0.227 e. The topological polar surface area (TPSA) is 49.6 Å². The molecule has 0 bridgehead atoms. The maximum atomic E-state index is 12.8. The molecule has 0 radical (unpaired) electrons. The average molecular weight is 348 g/mol. The molecule has 0 saturated heterocycles. The molecule has 0 aliphatic heterocycles. The summed E-state index contributed by atoms with van der Waals surface area (Å²) >= 11 is 0. The van der Waals surface area contributed by atoms with Crippen LogP contribution in [0.25, 0.3) is 5.65 Å². The van der Waals surface area contributed by atoms with Gasteiger partial charge in [0.2, 0.25) is 5.91 Å². The number of benzene rings is 1. The molecule has 2 heterocycles. The fourth-order valence-corrected chi connectivity index (χ4v) is 3.62. The van der Waals surface area contributed by atoms with E-state index >= 15 is 0 Å². The van der Waals surface area contributed by atoms with E-state index in [0.717, 1.165) is 42.0 Å². The summed E-state index contributed by atoms with van der Waals surface area (Å²) in [5.74, 6) is 0.0764. The second kappa shape index (κ2) is 6.48. The number of carbonyl (C=O) groups excluding carboxylic acids is 1. The molecule has 3 aromatic rings. The van der Waals surface area contributed by atoms with E-state index in [2.05, 4.69) is 35.0 Å². The van der Waals surface area contributed by atoms with Crippen LogP contribution < -0.4 is 10.2 Å². The van der Waals surface area contributed by atoms with E-state index in [1.165, 1.54) is 11.3 Å². The lowest BCUT2D eigenvalue weighted by Gasteiger charge is -2.21. The smallest absolute Gasteiger partial charge is 0.227 e. The maximum absolute atomic E-state index is 12.8. The number of rotatable bonds is 3. The largest absolute Gasteiger partial charge is 0.378 e. The molecule has 26 heavy (non-hydrogen) atoms. The quantitative estimate of drug-likeness (QED) is 0.789. The molecule has 1 amide bonds. The summed E-state index contributed by atoms with van der Waals surface area (Å²) in [4.78, 5) is 19.5. The van der Waals surface area contributed by atoms with Gasteiger partial charge in [-0.2, -0.15) is 0 Å². The SMILES string of the molecule is Cc1ccn2c3c(nc2c1)CCC(C(=O)Nc1ccc(N(C)C)cc1)C3. The van der Waals surface area contributed by atoms with Crippen molar-refractivity contribution in [1.29, 1.82) is 0 Å². The van der Waals surface area contributed by atoms with Crippen LogP contribution in [0.3, 0.4) is 0 Å². The van der Waals surface area contributed by atoms with Crippen molar-refractivity contribution in [2.45, 2.75) is 26.2 Å². The Hall–Kier alpha value is -2.82. The number of anilines is 2. The molecule has 0 spiro atoms. The van der Waals surface area contributed by atoms with E-state index in [9.17, 15) is 4.79 Å². The lowest BCUT2D eigenvalue weighted by atomic mass is 9.89. The van der Waals surface area contributed by atoms with Gasteiger partial charge in [0.25, 0.3) is 0 Å². The summed E-state index contributed by atoms with van der Waals surface area (Å²) in [6.45, 7) is 2.07. The molecule has 1 unspecified atom stereocenters. The van der Waals surface area contributed by atoms with E-state index < -0.39 is 0 Å². The van der Waals surface area contributed by atoms with Crippen molar-refractivity contribution in [3.63, 3.8) is 0 Å². The second-order valence-electron chi connectivity index (χ2n) is 7.31. The van der Waals surface area contributed by atoms with E-state index in [1.54, 1.807) is 0 Å². The Kier molecular flexibility index (Phi) is 4.15. The van der Waals surface area contributed by atoms with Gasteiger partial charge in [0.05, 0.1) is 5.69 Å². The lowest BCUT2D eigenvalue weighted by molar-refractivity contribution is -0.120. The Labute approximate surface area is 153 Å². The molecule has 0 saturated carbocycles. The molecule has 1 aromatic carbocycles. The third-order valence-electron chi connectivity index (χ3n) is 5.15. The molecular formula is C21H24N4O. The fraction of sp³-hybridized carbons (Fsp3) is 0.333. The minimum Gasteiger partial charge on any atom is -0.378 e. The van der Waals surface area contributed by atoms with Crippen LogP contribution in [0.4, 0.5) is 11.4 Å². The molecule has 5 nitrogen and oxygen atoms in total. The lowest BCUT2D eigenvalue weighted by Crippen LogP contribution is -2.28. The predicted molar refractivity (Wildman–Crippen MR) is 105 cm³/mol. The monoisotopic (exact) mass is 348 g/mol. The van der Waals surface area contributed by atoms with E-state index in [-0.39, 0.29) is 11.8 Å². The van der Waals surface area contributed by atoms with Gasteiger partial charge in [-0.05, 0) is 61.7 Å². The first kappa shape index (κ1) is 16.6. The number of imidazole rings is 1. The van der Waals surface area contributed by atoms with Gasteiger partial charge < -0.3 is 14.6 Å². The molecule has 2 aromatic heterocycles. The first-order valence-corrected chi connectivity index (χ1v) is 9.06. The fourth-order valence-electron chi connectivity index (χ4n) is 3.62. The number of fused-ring (bicyclic) bond motifs is 3. The Morgan fingerprint density at radius 1 is 1.23 bits per heavy atom. The molecule has 4 rings (SSSR count). The molecule has 1 aliphatic rings. The van der Waals surface area contributed by atoms with Gasteiger partial charge in [0.1, 0.15) is 5.65 Å². The Morgan fingerprint density at radius 2 is 2.00 bits per heavy atom. The van der Waals surface area contributed by atoms with E-state index in [1.807, 2.05) is 43.3 Å². The van der Waals surface area contributed by atoms with Gasteiger partial charge in [-0.1, -0.05) is 0 Å². The highest BCUT2D eigenvalue weighted by Gasteiger charge is 2.28.